The third-order valence-electron chi connectivity index (χ3n) is 7.79. The van der Waals surface area contributed by atoms with E-state index >= 15 is 0 Å². The van der Waals surface area contributed by atoms with Gasteiger partial charge in [0.15, 0.2) is 5.78 Å². The Morgan fingerprint density at radius 2 is 1.89 bits per heavy atom. The van der Waals surface area contributed by atoms with Crippen molar-refractivity contribution in [3.63, 3.8) is 0 Å². The third kappa shape index (κ3) is 5.18. The zero-order valence-electron chi connectivity index (χ0n) is 22.1. The number of hydrogen-bond acceptors (Lipinski definition) is 7. The maximum atomic E-state index is 13.2. The van der Waals surface area contributed by atoms with E-state index in [-0.39, 0.29) is 18.3 Å². The van der Waals surface area contributed by atoms with E-state index in [1.165, 1.54) is 12.8 Å². The van der Waals surface area contributed by atoms with Crippen LogP contribution in [0.4, 0.5) is 0 Å². The molecular formula is C30H34N6O2. The normalized spacial score (nSPS) is 16.6. The molecule has 0 N–H and O–H groups in total. The van der Waals surface area contributed by atoms with Gasteiger partial charge in [-0.2, -0.15) is 10.2 Å². The van der Waals surface area contributed by atoms with Crippen molar-refractivity contribution in [3.05, 3.63) is 65.9 Å². The molecule has 3 aromatic heterocycles. The second kappa shape index (κ2) is 10.6. The minimum absolute atomic E-state index is 0.0264. The van der Waals surface area contributed by atoms with Crippen molar-refractivity contribution in [1.29, 1.82) is 0 Å². The van der Waals surface area contributed by atoms with Crippen molar-refractivity contribution in [3.8, 4) is 17.1 Å². The number of hydrogen-bond donors (Lipinski definition) is 0. The summed E-state index contributed by atoms with van der Waals surface area (Å²) in [7, 11) is 0. The van der Waals surface area contributed by atoms with E-state index in [4.69, 9.17) is 4.74 Å². The van der Waals surface area contributed by atoms with E-state index in [0.717, 1.165) is 66.9 Å². The molecule has 5 heterocycles. The monoisotopic (exact) mass is 510 g/mol. The van der Waals surface area contributed by atoms with Gasteiger partial charge in [0.25, 0.3) is 0 Å². The molecule has 1 saturated heterocycles. The van der Waals surface area contributed by atoms with E-state index in [0.29, 0.717) is 23.2 Å². The van der Waals surface area contributed by atoms with Crippen LogP contribution in [0.3, 0.4) is 0 Å². The lowest BCUT2D eigenvalue weighted by atomic mass is 10.0. The Hall–Kier alpha value is -3.65. The molecule has 0 aliphatic carbocycles. The van der Waals surface area contributed by atoms with Gasteiger partial charge in [0.1, 0.15) is 11.9 Å². The first-order valence-electron chi connectivity index (χ1n) is 13.7. The number of aryl methyl sites for hydroxylation is 1. The van der Waals surface area contributed by atoms with Gasteiger partial charge in [-0.1, -0.05) is 6.07 Å². The third-order valence-corrected chi connectivity index (χ3v) is 7.79. The van der Waals surface area contributed by atoms with E-state index in [9.17, 15) is 4.79 Å². The van der Waals surface area contributed by atoms with Crippen molar-refractivity contribution >= 4 is 16.7 Å². The van der Waals surface area contributed by atoms with Gasteiger partial charge >= 0.3 is 0 Å². The summed E-state index contributed by atoms with van der Waals surface area (Å²) in [5.41, 5.74) is 4.28. The fourth-order valence-corrected chi connectivity index (χ4v) is 5.57. The van der Waals surface area contributed by atoms with Crippen LogP contribution in [0.2, 0.25) is 0 Å². The molecule has 2 aliphatic heterocycles. The fraction of sp³-hybridized carbons (Fsp3) is 0.433. The predicted octanol–water partition coefficient (Wildman–Crippen LogP) is 4.90. The number of carbonyl (C=O) groups excluding carboxylic acids is 1. The molecule has 0 bridgehead atoms. The van der Waals surface area contributed by atoms with Crippen LogP contribution in [0, 0.1) is 0 Å². The number of carbonyl (C=O) groups is 1. The first-order valence-corrected chi connectivity index (χ1v) is 13.7. The molecule has 0 saturated carbocycles. The molecule has 196 valence electrons. The smallest absolute Gasteiger partial charge is 0.214 e. The highest BCUT2D eigenvalue weighted by Gasteiger charge is 2.23. The predicted molar refractivity (Wildman–Crippen MR) is 146 cm³/mol. The molecule has 0 atom stereocenters. The van der Waals surface area contributed by atoms with Gasteiger partial charge in [-0.05, 0) is 63.8 Å². The van der Waals surface area contributed by atoms with Crippen LogP contribution in [-0.4, -0.2) is 60.7 Å². The zero-order chi connectivity index (χ0) is 26.1. The molecule has 8 nitrogen and oxygen atoms in total. The van der Waals surface area contributed by atoms with Crippen molar-refractivity contribution < 1.29 is 9.53 Å². The van der Waals surface area contributed by atoms with E-state index in [2.05, 4.69) is 55.6 Å². The summed E-state index contributed by atoms with van der Waals surface area (Å²) in [5.74, 6) is 1.64. The van der Waals surface area contributed by atoms with Crippen molar-refractivity contribution in [1.82, 2.24) is 29.6 Å². The SMILES string of the molecule is CC(C)N1CCC(Oc2cc(C(=O)Cc3cc4cc(-c5cnc6n5CCCC6)ccc4nn3)ccn2)CC1. The van der Waals surface area contributed by atoms with E-state index in [1.807, 2.05) is 18.3 Å². The van der Waals surface area contributed by atoms with Gasteiger partial charge in [0.2, 0.25) is 5.88 Å². The van der Waals surface area contributed by atoms with Crippen LogP contribution in [0.1, 0.15) is 61.4 Å². The highest BCUT2D eigenvalue weighted by molar-refractivity contribution is 5.97. The lowest BCUT2D eigenvalue weighted by Crippen LogP contribution is -2.41. The van der Waals surface area contributed by atoms with Crippen LogP contribution in [0.15, 0.2) is 48.8 Å². The Morgan fingerprint density at radius 1 is 1.03 bits per heavy atom. The van der Waals surface area contributed by atoms with Gasteiger partial charge in [0, 0.05) is 60.9 Å². The molecule has 0 radical (unpaired) electrons. The van der Waals surface area contributed by atoms with E-state index < -0.39 is 0 Å². The molecule has 1 fully saturated rings. The van der Waals surface area contributed by atoms with Gasteiger partial charge in [0.05, 0.1) is 29.5 Å². The Morgan fingerprint density at radius 3 is 2.74 bits per heavy atom. The average molecular weight is 511 g/mol. The number of piperidine rings is 1. The van der Waals surface area contributed by atoms with Gasteiger partial charge < -0.3 is 14.2 Å². The number of benzene rings is 1. The average Bonchev–Trinajstić information content (AvgIpc) is 3.37. The Balaban J connectivity index is 1.16. The minimum atomic E-state index is -0.0264. The lowest BCUT2D eigenvalue weighted by Gasteiger charge is -2.34. The molecule has 38 heavy (non-hydrogen) atoms. The molecule has 2 aliphatic rings. The number of Topliss-reactive ketones (excluding diaryl/α,β-unsaturated/α-hetero) is 1. The molecule has 0 spiro atoms. The van der Waals surface area contributed by atoms with Crippen LogP contribution in [-0.2, 0) is 19.4 Å². The molecule has 1 aromatic carbocycles. The number of nitrogens with zero attached hydrogens (tertiary/aromatic N) is 6. The summed E-state index contributed by atoms with van der Waals surface area (Å²) in [6.45, 7) is 7.50. The summed E-state index contributed by atoms with van der Waals surface area (Å²) >= 11 is 0. The summed E-state index contributed by atoms with van der Waals surface area (Å²) < 4.78 is 8.46. The summed E-state index contributed by atoms with van der Waals surface area (Å²) in [6, 6.07) is 12.2. The highest BCUT2D eigenvalue weighted by Crippen LogP contribution is 2.28. The number of aromatic nitrogens is 5. The number of fused-ring (bicyclic) bond motifs is 2. The minimum Gasteiger partial charge on any atom is -0.474 e. The first kappa shape index (κ1) is 24.7. The lowest BCUT2D eigenvalue weighted by molar-refractivity contribution is 0.0809. The second-order valence-corrected chi connectivity index (χ2v) is 10.7. The number of imidazole rings is 1. The summed E-state index contributed by atoms with van der Waals surface area (Å²) in [6.07, 6.45) is 9.27. The molecule has 0 amide bonds. The topological polar surface area (TPSA) is 86.0 Å². The Labute approximate surface area is 223 Å². The molecular weight excluding hydrogens is 476 g/mol. The van der Waals surface area contributed by atoms with Gasteiger partial charge in [-0.15, -0.1) is 0 Å². The maximum Gasteiger partial charge on any atom is 0.214 e. The van der Waals surface area contributed by atoms with Crippen molar-refractivity contribution in [2.24, 2.45) is 0 Å². The molecule has 8 heteroatoms. The van der Waals surface area contributed by atoms with Crippen LogP contribution in [0.5, 0.6) is 5.88 Å². The summed E-state index contributed by atoms with van der Waals surface area (Å²) in [4.78, 5) is 24.6. The van der Waals surface area contributed by atoms with Gasteiger partial charge in [-0.3, -0.25) is 4.79 Å². The van der Waals surface area contributed by atoms with Crippen LogP contribution >= 0.6 is 0 Å². The zero-order valence-corrected chi connectivity index (χ0v) is 22.1. The number of likely N-dealkylation sites (tertiary alicyclic amines) is 1. The fourth-order valence-electron chi connectivity index (χ4n) is 5.57. The highest BCUT2D eigenvalue weighted by atomic mass is 16.5. The maximum absolute atomic E-state index is 13.2. The standard InChI is InChI=1S/C30H34N6O2/c1-20(2)35-13-9-25(10-14-35)38-30-17-22(8-11-31-30)28(37)18-24-16-23-15-21(6-7-26(23)34-33-24)27-19-32-29-5-3-4-12-36(27)29/h6-8,11,15-17,19-20,25H,3-5,9-10,12-14,18H2,1-2H3. The molecule has 6 rings (SSSR count). The van der Waals surface area contributed by atoms with Crippen molar-refractivity contribution in [2.75, 3.05) is 13.1 Å². The van der Waals surface area contributed by atoms with Crippen molar-refractivity contribution in [2.45, 2.75) is 71.1 Å². The Bertz CT molecular complexity index is 1450. The van der Waals surface area contributed by atoms with Gasteiger partial charge in [-0.25, -0.2) is 9.97 Å². The van der Waals surface area contributed by atoms with Crippen LogP contribution in [0.25, 0.3) is 22.2 Å². The second-order valence-electron chi connectivity index (χ2n) is 10.7. The molecule has 0 unspecified atom stereocenters. The molecule has 4 aromatic rings. The van der Waals surface area contributed by atoms with Crippen LogP contribution < -0.4 is 4.74 Å². The summed E-state index contributed by atoms with van der Waals surface area (Å²) in [5, 5.41) is 9.69. The number of pyridine rings is 1. The number of ketones is 1. The number of rotatable bonds is 7. The largest absolute Gasteiger partial charge is 0.474 e. The number of ether oxygens (including phenoxy) is 1. The van der Waals surface area contributed by atoms with E-state index in [1.54, 1.807) is 18.3 Å². The first-order chi connectivity index (χ1) is 18.5. The quantitative estimate of drug-likeness (QED) is 0.327. The Kier molecular flexibility index (Phi) is 6.89.